The van der Waals surface area contributed by atoms with Gasteiger partial charge < -0.3 is 15.2 Å². The van der Waals surface area contributed by atoms with E-state index >= 15 is 0 Å². The van der Waals surface area contributed by atoms with Gasteiger partial charge in [-0.3, -0.25) is 9.69 Å². The first kappa shape index (κ1) is 15.8. The molecule has 0 aromatic carbocycles. The summed E-state index contributed by atoms with van der Waals surface area (Å²) in [6.07, 6.45) is 1.07. The van der Waals surface area contributed by atoms with Gasteiger partial charge in [0.05, 0.1) is 7.11 Å². The molecule has 2 N–H and O–H groups in total. The number of hydrogen-bond acceptors (Lipinski definition) is 4. The van der Waals surface area contributed by atoms with Gasteiger partial charge in [-0.2, -0.15) is 0 Å². The summed E-state index contributed by atoms with van der Waals surface area (Å²) in [5, 5.41) is 12.0. The third-order valence-electron chi connectivity index (χ3n) is 3.81. The van der Waals surface area contributed by atoms with Gasteiger partial charge in [-0.1, -0.05) is 13.8 Å². The summed E-state index contributed by atoms with van der Waals surface area (Å²) in [6.45, 7) is 6.55. The standard InChI is InChI=1S/C13H24N2O4/c1-8(2)10(14-13(18)19-4)7-15-9(3)5-6-11(15)12(16)17/h8-11H,5-7H2,1-4H3,(H,14,18)(H,16,17)/t9?,10-,11?/m1/s1. The predicted molar refractivity (Wildman–Crippen MR) is 71.0 cm³/mol. The van der Waals surface area contributed by atoms with Crippen molar-refractivity contribution in [1.29, 1.82) is 0 Å². The van der Waals surface area contributed by atoms with Crippen LogP contribution < -0.4 is 5.32 Å². The number of carbonyl (C=O) groups is 2. The molecule has 1 saturated heterocycles. The van der Waals surface area contributed by atoms with Gasteiger partial charge >= 0.3 is 12.1 Å². The van der Waals surface area contributed by atoms with Gasteiger partial charge in [-0.05, 0) is 25.7 Å². The fourth-order valence-corrected chi connectivity index (χ4v) is 2.47. The van der Waals surface area contributed by atoms with E-state index in [2.05, 4.69) is 10.1 Å². The van der Waals surface area contributed by atoms with E-state index in [9.17, 15) is 14.7 Å². The molecular weight excluding hydrogens is 248 g/mol. The minimum Gasteiger partial charge on any atom is -0.480 e. The predicted octanol–water partition coefficient (Wildman–Crippen LogP) is 1.30. The van der Waals surface area contributed by atoms with Crippen molar-refractivity contribution in [1.82, 2.24) is 10.2 Å². The zero-order valence-corrected chi connectivity index (χ0v) is 12.0. The van der Waals surface area contributed by atoms with Gasteiger partial charge in [0.25, 0.3) is 0 Å². The van der Waals surface area contributed by atoms with Crippen LogP contribution >= 0.6 is 0 Å². The average Bonchev–Trinajstić information content (AvgIpc) is 2.69. The van der Waals surface area contributed by atoms with E-state index in [4.69, 9.17) is 0 Å². The third-order valence-corrected chi connectivity index (χ3v) is 3.81. The molecule has 1 heterocycles. The van der Waals surface area contributed by atoms with Crippen molar-refractivity contribution in [2.24, 2.45) is 5.92 Å². The lowest BCUT2D eigenvalue weighted by atomic mass is 10.0. The Morgan fingerprint density at radius 2 is 2.05 bits per heavy atom. The summed E-state index contributed by atoms with van der Waals surface area (Å²) >= 11 is 0. The van der Waals surface area contributed by atoms with Crippen LogP contribution in [0.3, 0.4) is 0 Å². The number of methoxy groups -OCH3 is 1. The molecule has 6 nitrogen and oxygen atoms in total. The van der Waals surface area contributed by atoms with Crippen molar-refractivity contribution in [3.05, 3.63) is 0 Å². The molecule has 1 aliphatic heterocycles. The molecule has 0 spiro atoms. The first-order chi connectivity index (χ1) is 8.86. The highest BCUT2D eigenvalue weighted by Crippen LogP contribution is 2.25. The highest BCUT2D eigenvalue weighted by atomic mass is 16.5. The Hall–Kier alpha value is -1.30. The first-order valence-electron chi connectivity index (χ1n) is 6.69. The lowest BCUT2D eigenvalue weighted by Gasteiger charge is -2.32. The Labute approximate surface area is 114 Å². The molecule has 2 unspecified atom stereocenters. The molecule has 0 radical (unpaired) electrons. The summed E-state index contributed by atoms with van der Waals surface area (Å²) < 4.78 is 4.61. The minimum atomic E-state index is -0.787. The number of carboxylic acid groups (broad SMARTS) is 1. The van der Waals surface area contributed by atoms with Crippen molar-refractivity contribution >= 4 is 12.1 Å². The molecule has 1 aliphatic rings. The molecule has 19 heavy (non-hydrogen) atoms. The summed E-state index contributed by atoms with van der Waals surface area (Å²) in [7, 11) is 1.32. The number of hydrogen-bond donors (Lipinski definition) is 2. The van der Waals surface area contributed by atoms with Crippen molar-refractivity contribution in [2.45, 2.75) is 51.7 Å². The lowest BCUT2D eigenvalue weighted by molar-refractivity contribution is -0.142. The molecule has 1 rings (SSSR count). The second kappa shape index (κ2) is 6.75. The number of ether oxygens (including phenoxy) is 1. The third kappa shape index (κ3) is 4.09. The van der Waals surface area contributed by atoms with Crippen LogP contribution in [-0.2, 0) is 9.53 Å². The maximum Gasteiger partial charge on any atom is 0.407 e. The van der Waals surface area contributed by atoms with Gasteiger partial charge in [-0.25, -0.2) is 4.79 Å². The van der Waals surface area contributed by atoms with E-state index in [-0.39, 0.29) is 18.0 Å². The van der Waals surface area contributed by atoms with Crippen molar-refractivity contribution in [3.8, 4) is 0 Å². The number of alkyl carbamates (subject to hydrolysis) is 1. The largest absolute Gasteiger partial charge is 0.480 e. The van der Waals surface area contributed by atoms with Crippen LogP contribution in [0.15, 0.2) is 0 Å². The number of amides is 1. The second-order valence-corrected chi connectivity index (χ2v) is 5.46. The van der Waals surface area contributed by atoms with E-state index in [1.54, 1.807) is 0 Å². The number of aliphatic carboxylic acids is 1. The Morgan fingerprint density at radius 3 is 2.53 bits per heavy atom. The van der Waals surface area contributed by atoms with E-state index in [0.717, 1.165) is 6.42 Å². The molecule has 1 amide bonds. The van der Waals surface area contributed by atoms with Crippen LogP contribution in [0.5, 0.6) is 0 Å². The Kier molecular flexibility index (Phi) is 5.60. The summed E-state index contributed by atoms with van der Waals surface area (Å²) in [6, 6.07) is -0.340. The number of carboxylic acids is 1. The van der Waals surface area contributed by atoms with Gasteiger partial charge in [-0.15, -0.1) is 0 Å². The summed E-state index contributed by atoms with van der Waals surface area (Å²) in [5.41, 5.74) is 0. The SMILES string of the molecule is COC(=O)N[C@H](CN1C(C)CCC1C(=O)O)C(C)C. The van der Waals surface area contributed by atoms with Gasteiger partial charge in [0.1, 0.15) is 6.04 Å². The van der Waals surface area contributed by atoms with Gasteiger partial charge in [0, 0.05) is 18.6 Å². The van der Waals surface area contributed by atoms with Crippen LogP contribution in [-0.4, -0.2) is 53.8 Å². The Balaban J connectivity index is 2.71. The van der Waals surface area contributed by atoms with Crippen molar-refractivity contribution in [3.63, 3.8) is 0 Å². The van der Waals surface area contributed by atoms with E-state index in [0.29, 0.717) is 13.0 Å². The van der Waals surface area contributed by atoms with Crippen LogP contribution in [0.25, 0.3) is 0 Å². The molecule has 3 atom stereocenters. The van der Waals surface area contributed by atoms with Gasteiger partial charge in [0.2, 0.25) is 0 Å². The topological polar surface area (TPSA) is 78.9 Å². The van der Waals surface area contributed by atoms with Crippen LogP contribution in [0.1, 0.15) is 33.6 Å². The Morgan fingerprint density at radius 1 is 1.42 bits per heavy atom. The van der Waals surface area contributed by atoms with Gasteiger partial charge in [0.15, 0.2) is 0 Å². The fourth-order valence-electron chi connectivity index (χ4n) is 2.47. The summed E-state index contributed by atoms with van der Waals surface area (Å²) in [4.78, 5) is 24.5. The highest BCUT2D eigenvalue weighted by molar-refractivity contribution is 5.74. The van der Waals surface area contributed by atoms with Crippen LogP contribution in [0.2, 0.25) is 0 Å². The maximum absolute atomic E-state index is 11.3. The number of carbonyl (C=O) groups excluding carboxylic acids is 1. The normalized spacial score (nSPS) is 25.3. The maximum atomic E-state index is 11.3. The van der Waals surface area contributed by atoms with E-state index < -0.39 is 18.1 Å². The van der Waals surface area contributed by atoms with Crippen molar-refractivity contribution < 1.29 is 19.4 Å². The zero-order valence-electron chi connectivity index (χ0n) is 12.0. The number of nitrogens with one attached hydrogen (secondary N) is 1. The first-order valence-corrected chi connectivity index (χ1v) is 6.69. The minimum absolute atomic E-state index is 0.116. The highest BCUT2D eigenvalue weighted by Gasteiger charge is 2.37. The van der Waals surface area contributed by atoms with Crippen LogP contribution in [0, 0.1) is 5.92 Å². The second-order valence-electron chi connectivity index (χ2n) is 5.46. The number of likely N-dealkylation sites (tertiary alicyclic amines) is 1. The number of nitrogens with zero attached hydrogens (tertiary/aromatic N) is 1. The fraction of sp³-hybridized carbons (Fsp3) is 0.846. The van der Waals surface area contributed by atoms with E-state index in [1.165, 1.54) is 7.11 Å². The smallest absolute Gasteiger partial charge is 0.407 e. The zero-order chi connectivity index (χ0) is 14.6. The molecule has 1 fully saturated rings. The molecule has 110 valence electrons. The molecule has 0 aliphatic carbocycles. The average molecular weight is 272 g/mol. The molecular formula is C13H24N2O4. The quantitative estimate of drug-likeness (QED) is 0.788. The van der Waals surface area contributed by atoms with Crippen LogP contribution in [0.4, 0.5) is 4.79 Å². The Bertz CT molecular complexity index is 333. The molecule has 0 bridgehead atoms. The molecule has 6 heteroatoms. The van der Waals surface area contributed by atoms with Crippen molar-refractivity contribution in [2.75, 3.05) is 13.7 Å². The summed E-state index contributed by atoms with van der Waals surface area (Å²) in [5.74, 6) is -0.578. The molecule has 0 aromatic heterocycles. The number of rotatable bonds is 5. The lowest BCUT2D eigenvalue weighted by Crippen LogP contribution is -2.51. The monoisotopic (exact) mass is 272 g/mol. The molecule has 0 saturated carbocycles. The molecule has 0 aromatic rings. The van der Waals surface area contributed by atoms with E-state index in [1.807, 2.05) is 25.7 Å².